The number of hydrogen-bond acceptors (Lipinski definition) is 3. The molecule has 0 bridgehead atoms. The molecule has 0 aromatic carbocycles. The first-order chi connectivity index (χ1) is 6.06. The van der Waals surface area contributed by atoms with E-state index >= 15 is 0 Å². The molecule has 0 aliphatic carbocycles. The predicted octanol–water partition coefficient (Wildman–Crippen LogP) is -0.459. The highest BCUT2D eigenvalue weighted by Crippen LogP contribution is 1.77. The van der Waals surface area contributed by atoms with Gasteiger partial charge in [0.05, 0.1) is 12.6 Å². The van der Waals surface area contributed by atoms with Gasteiger partial charge in [-0.25, -0.2) is 0 Å². The Morgan fingerprint density at radius 2 is 2.00 bits per heavy atom. The van der Waals surface area contributed by atoms with Crippen molar-refractivity contribution in [3.05, 3.63) is 0 Å². The topological polar surface area (TPSA) is 82.0 Å². The molecular weight excluding hydrogens is 170 g/mol. The molecule has 0 aromatic heterocycles. The molecule has 2 amide bonds. The summed E-state index contributed by atoms with van der Waals surface area (Å²) in [4.78, 5) is 21.7. The summed E-state index contributed by atoms with van der Waals surface area (Å²) >= 11 is 0. The fourth-order valence-electron chi connectivity index (χ4n) is 0.686. The molecule has 13 heavy (non-hydrogen) atoms. The summed E-state index contributed by atoms with van der Waals surface area (Å²) < 4.78 is 0. The third-order valence-electron chi connectivity index (χ3n) is 1.14. The first-order valence-corrected chi connectivity index (χ1v) is 3.99. The molecule has 0 atom stereocenters. The maximum atomic E-state index is 11.0. The van der Waals surface area contributed by atoms with E-state index in [1.165, 1.54) is 0 Å². The summed E-state index contributed by atoms with van der Waals surface area (Å²) in [6, 6.07) is 1.74. The number of amides is 2. The Kier molecular flexibility index (Phi) is 5.28. The minimum absolute atomic E-state index is 0.0559. The zero-order chi connectivity index (χ0) is 10.3. The second-order valence-electron chi connectivity index (χ2n) is 2.83. The second kappa shape index (κ2) is 6.00. The average Bonchev–Trinajstić information content (AvgIpc) is 2.00. The molecule has 0 saturated carbocycles. The van der Waals surface area contributed by atoms with Crippen LogP contribution in [0.2, 0.25) is 0 Å². The van der Waals surface area contributed by atoms with E-state index in [0.29, 0.717) is 0 Å². The van der Waals surface area contributed by atoms with E-state index in [9.17, 15) is 9.59 Å². The highest BCUT2D eigenvalue weighted by Gasteiger charge is 2.05. The second-order valence-corrected chi connectivity index (χ2v) is 2.83. The molecule has 5 heteroatoms. The van der Waals surface area contributed by atoms with Crippen molar-refractivity contribution in [3.63, 3.8) is 0 Å². The lowest BCUT2D eigenvalue weighted by atomic mass is 10.4. The van der Waals surface area contributed by atoms with Crippen LogP contribution in [-0.4, -0.2) is 24.4 Å². The van der Waals surface area contributed by atoms with Crippen LogP contribution in [0.5, 0.6) is 0 Å². The third-order valence-corrected chi connectivity index (χ3v) is 1.14. The molecule has 0 unspecified atom stereocenters. The molecule has 0 fully saturated rings. The Bertz CT molecular complexity index is 230. The van der Waals surface area contributed by atoms with E-state index in [-0.39, 0.29) is 24.9 Å². The summed E-state index contributed by atoms with van der Waals surface area (Å²) in [5.41, 5.74) is 0. The number of carbonyl (C=O) groups excluding carboxylic acids is 2. The van der Waals surface area contributed by atoms with Gasteiger partial charge in [-0.3, -0.25) is 9.59 Å². The molecule has 0 aromatic rings. The highest BCUT2D eigenvalue weighted by molar-refractivity contribution is 5.85. The quantitative estimate of drug-likeness (QED) is 0.618. The summed E-state index contributed by atoms with van der Waals surface area (Å²) in [5.74, 6) is -0.678. The standard InChI is InChI=1S/C8H13N3O2/c1-6(2)11-8(13)5-10-7(12)3-4-9/h6H,3,5H2,1-2H3,(H,10,12)(H,11,13). The van der Waals surface area contributed by atoms with Crippen LogP contribution in [0.1, 0.15) is 20.3 Å². The van der Waals surface area contributed by atoms with Crippen molar-refractivity contribution in [1.29, 1.82) is 5.26 Å². The zero-order valence-corrected chi connectivity index (χ0v) is 7.76. The summed E-state index contributed by atoms with van der Waals surface area (Å²) in [6.07, 6.45) is -0.213. The van der Waals surface area contributed by atoms with Crippen molar-refractivity contribution in [3.8, 4) is 6.07 Å². The summed E-state index contributed by atoms with van der Waals surface area (Å²) in [6.45, 7) is 3.59. The minimum Gasteiger partial charge on any atom is -0.352 e. The lowest BCUT2D eigenvalue weighted by Crippen LogP contribution is -2.39. The van der Waals surface area contributed by atoms with Crippen molar-refractivity contribution in [2.24, 2.45) is 0 Å². The lowest BCUT2D eigenvalue weighted by Gasteiger charge is -2.08. The molecule has 0 spiro atoms. The van der Waals surface area contributed by atoms with Crippen molar-refractivity contribution in [2.75, 3.05) is 6.54 Å². The Morgan fingerprint density at radius 1 is 1.38 bits per heavy atom. The van der Waals surface area contributed by atoms with Gasteiger partial charge >= 0.3 is 0 Å². The fourth-order valence-corrected chi connectivity index (χ4v) is 0.686. The molecule has 0 rings (SSSR count). The Hall–Kier alpha value is -1.57. The molecule has 5 nitrogen and oxygen atoms in total. The van der Waals surface area contributed by atoms with Gasteiger partial charge in [0.1, 0.15) is 6.42 Å². The van der Waals surface area contributed by atoms with E-state index in [1.807, 2.05) is 13.8 Å². The monoisotopic (exact) mass is 183 g/mol. The largest absolute Gasteiger partial charge is 0.352 e. The van der Waals surface area contributed by atoms with Crippen LogP contribution in [0.25, 0.3) is 0 Å². The smallest absolute Gasteiger partial charge is 0.239 e. The number of nitrogens with zero attached hydrogens (tertiary/aromatic N) is 1. The van der Waals surface area contributed by atoms with Gasteiger partial charge in [0, 0.05) is 6.04 Å². The molecule has 0 saturated heterocycles. The van der Waals surface area contributed by atoms with E-state index < -0.39 is 5.91 Å². The van der Waals surface area contributed by atoms with Crippen LogP contribution in [0.3, 0.4) is 0 Å². The van der Waals surface area contributed by atoms with Gasteiger partial charge in [-0.05, 0) is 13.8 Å². The van der Waals surface area contributed by atoms with Gasteiger partial charge in [-0.15, -0.1) is 0 Å². The summed E-state index contributed by atoms with van der Waals surface area (Å²) in [7, 11) is 0. The minimum atomic E-state index is -0.429. The Balaban J connectivity index is 3.59. The average molecular weight is 183 g/mol. The van der Waals surface area contributed by atoms with Gasteiger partial charge in [0.15, 0.2) is 0 Å². The first-order valence-electron chi connectivity index (χ1n) is 3.99. The van der Waals surface area contributed by atoms with Gasteiger partial charge in [-0.2, -0.15) is 5.26 Å². The normalized spacial score (nSPS) is 9.08. The van der Waals surface area contributed by atoms with Crippen LogP contribution >= 0.6 is 0 Å². The van der Waals surface area contributed by atoms with E-state index in [4.69, 9.17) is 5.26 Å². The number of rotatable bonds is 4. The van der Waals surface area contributed by atoms with Gasteiger partial charge < -0.3 is 10.6 Å². The number of nitriles is 1. The molecule has 0 aliphatic heterocycles. The van der Waals surface area contributed by atoms with Gasteiger partial charge in [0.2, 0.25) is 11.8 Å². The van der Waals surface area contributed by atoms with Gasteiger partial charge in [-0.1, -0.05) is 0 Å². The van der Waals surface area contributed by atoms with Crippen molar-refractivity contribution in [1.82, 2.24) is 10.6 Å². The molecular formula is C8H13N3O2. The lowest BCUT2D eigenvalue weighted by molar-refractivity contribution is -0.125. The van der Waals surface area contributed by atoms with Gasteiger partial charge in [0.25, 0.3) is 0 Å². The van der Waals surface area contributed by atoms with E-state index in [1.54, 1.807) is 6.07 Å². The van der Waals surface area contributed by atoms with E-state index in [0.717, 1.165) is 0 Å². The molecule has 2 N–H and O–H groups in total. The molecule has 72 valence electrons. The van der Waals surface area contributed by atoms with Crippen LogP contribution in [0, 0.1) is 11.3 Å². The Morgan fingerprint density at radius 3 is 2.46 bits per heavy atom. The van der Waals surface area contributed by atoms with Crippen molar-refractivity contribution < 1.29 is 9.59 Å². The maximum Gasteiger partial charge on any atom is 0.239 e. The van der Waals surface area contributed by atoms with Crippen LogP contribution in [-0.2, 0) is 9.59 Å². The fraction of sp³-hybridized carbons (Fsp3) is 0.625. The number of nitrogens with one attached hydrogen (secondary N) is 2. The van der Waals surface area contributed by atoms with Crippen LogP contribution in [0.4, 0.5) is 0 Å². The highest BCUT2D eigenvalue weighted by atomic mass is 16.2. The van der Waals surface area contributed by atoms with Crippen LogP contribution < -0.4 is 10.6 Å². The first kappa shape index (κ1) is 11.4. The SMILES string of the molecule is CC(C)NC(=O)CNC(=O)CC#N. The summed E-state index contributed by atoms with van der Waals surface area (Å²) in [5, 5.41) is 13.1. The molecule has 0 heterocycles. The maximum absolute atomic E-state index is 11.0. The Labute approximate surface area is 77.1 Å². The predicted molar refractivity (Wildman–Crippen MR) is 46.5 cm³/mol. The van der Waals surface area contributed by atoms with E-state index in [2.05, 4.69) is 10.6 Å². The molecule has 0 radical (unpaired) electrons. The number of carbonyl (C=O) groups is 2. The number of hydrogen-bond donors (Lipinski definition) is 2. The molecule has 0 aliphatic rings. The zero-order valence-electron chi connectivity index (χ0n) is 7.76. The third kappa shape index (κ3) is 6.81. The van der Waals surface area contributed by atoms with Crippen molar-refractivity contribution >= 4 is 11.8 Å². The van der Waals surface area contributed by atoms with Crippen LogP contribution in [0.15, 0.2) is 0 Å². The van der Waals surface area contributed by atoms with Crippen molar-refractivity contribution in [2.45, 2.75) is 26.3 Å².